The van der Waals surface area contributed by atoms with E-state index in [-0.39, 0.29) is 12.5 Å². The van der Waals surface area contributed by atoms with Gasteiger partial charge in [-0.2, -0.15) is 5.10 Å². The number of aromatic nitrogens is 2. The van der Waals surface area contributed by atoms with Gasteiger partial charge in [-0.25, -0.2) is 4.39 Å². The topological polar surface area (TPSA) is 61.0 Å². The van der Waals surface area contributed by atoms with Gasteiger partial charge < -0.3 is 5.32 Å². The highest BCUT2D eigenvalue weighted by molar-refractivity contribution is 5.97. The van der Waals surface area contributed by atoms with E-state index in [2.05, 4.69) is 52.5 Å². The number of benzene rings is 2. The summed E-state index contributed by atoms with van der Waals surface area (Å²) in [6.45, 7) is 6.19. The van der Waals surface area contributed by atoms with Gasteiger partial charge in [0.15, 0.2) is 0 Å². The monoisotopic (exact) mass is 394 g/mol. The molecule has 2 N–H and O–H groups in total. The highest BCUT2D eigenvalue weighted by Gasteiger charge is 2.36. The van der Waals surface area contributed by atoms with E-state index in [1.165, 1.54) is 16.7 Å². The van der Waals surface area contributed by atoms with Crippen LogP contribution >= 0.6 is 0 Å². The molecule has 2 heterocycles. The van der Waals surface area contributed by atoms with Gasteiger partial charge in [-0.05, 0) is 62.1 Å². The molecule has 0 aliphatic carbocycles. The molecular formula is C23H27FN4O. The number of amides is 1. The third-order valence-corrected chi connectivity index (χ3v) is 5.90. The fraction of sp³-hybridized carbons (Fsp3) is 0.391. The van der Waals surface area contributed by atoms with Crippen LogP contribution in [-0.2, 0) is 6.54 Å². The summed E-state index contributed by atoms with van der Waals surface area (Å²) in [5.41, 5.74) is 3.64. The number of fused-ring (bicyclic) bond motifs is 1. The Balaban J connectivity index is 1.39. The number of carbonyl (C=O) groups is 1. The molecule has 0 bridgehead atoms. The Morgan fingerprint density at radius 3 is 2.86 bits per heavy atom. The van der Waals surface area contributed by atoms with Crippen LogP contribution in [0.4, 0.5) is 4.39 Å². The Bertz CT molecular complexity index is 1010. The minimum Gasteiger partial charge on any atom is -0.349 e. The van der Waals surface area contributed by atoms with Crippen molar-refractivity contribution in [3.05, 3.63) is 64.8 Å². The summed E-state index contributed by atoms with van der Waals surface area (Å²) in [5, 5.41) is 10.6. The van der Waals surface area contributed by atoms with Crippen LogP contribution in [0.25, 0.3) is 10.9 Å². The molecule has 1 fully saturated rings. The van der Waals surface area contributed by atoms with Crippen molar-refractivity contribution in [2.24, 2.45) is 0 Å². The zero-order chi connectivity index (χ0) is 20.4. The summed E-state index contributed by atoms with van der Waals surface area (Å²) in [5.74, 6) is -0.259. The van der Waals surface area contributed by atoms with E-state index < -0.39 is 5.67 Å². The van der Waals surface area contributed by atoms with Crippen molar-refractivity contribution < 1.29 is 9.18 Å². The Labute approximate surface area is 170 Å². The molecule has 3 aromatic rings. The molecule has 2 aromatic carbocycles. The van der Waals surface area contributed by atoms with E-state index in [0.717, 1.165) is 30.4 Å². The first-order valence-corrected chi connectivity index (χ1v) is 10.1. The van der Waals surface area contributed by atoms with E-state index in [4.69, 9.17) is 0 Å². The minimum absolute atomic E-state index is 0.0239. The number of piperidine rings is 1. The van der Waals surface area contributed by atoms with Crippen LogP contribution in [0.3, 0.4) is 0 Å². The Morgan fingerprint density at radius 1 is 1.28 bits per heavy atom. The summed E-state index contributed by atoms with van der Waals surface area (Å²) in [6, 6.07) is 11.6. The number of hydrogen-bond donors (Lipinski definition) is 2. The average molecular weight is 394 g/mol. The third kappa shape index (κ3) is 4.32. The molecule has 1 atom stereocenters. The maximum absolute atomic E-state index is 15.5. The number of carbonyl (C=O) groups excluding carboxylic acids is 1. The molecule has 29 heavy (non-hydrogen) atoms. The number of nitrogens with zero attached hydrogens (tertiary/aromatic N) is 2. The Hall–Kier alpha value is -2.73. The lowest BCUT2D eigenvalue weighted by atomic mass is 9.93. The van der Waals surface area contributed by atoms with Crippen LogP contribution in [0, 0.1) is 13.8 Å². The number of H-pyrrole nitrogens is 1. The van der Waals surface area contributed by atoms with Gasteiger partial charge in [0.2, 0.25) is 0 Å². The normalized spacial score (nSPS) is 20.1. The van der Waals surface area contributed by atoms with Gasteiger partial charge in [0.1, 0.15) is 5.67 Å². The maximum atomic E-state index is 15.5. The van der Waals surface area contributed by atoms with Crippen molar-refractivity contribution in [1.82, 2.24) is 20.4 Å². The number of hydrogen-bond acceptors (Lipinski definition) is 3. The minimum atomic E-state index is -1.41. The SMILES string of the molecule is Cc1cccc(C)c1CN1CCCC(F)(CNC(=O)c2ccc3cn[nH]c3c2)C1. The predicted octanol–water partition coefficient (Wildman–Crippen LogP) is 3.91. The number of halogens is 1. The van der Waals surface area contributed by atoms with Crippen LogP contribution in [0.15, 0.2) is 42.6 Å². The quantitative estimate of drug-likeness (QED) is 0.690. The first-order chi connectivity index (χ1) is 13.9. The van der Waals surface area contributed by atoms with E-state index in [1.807, 2.05) is 6.07 Å². The largest absolute Gasteiger partial charge is 0.349 e. The molecule has 0 radical (unpaired) electrons. The van der Waals surface area contributed by atoms with Gasteiger partial charge in [0.05, 0.1) is 18.3 Å². The predicted molar refractivity (Wildman–Crippen MR) is 113 cm³/mol. The lowest BCUT2D eigenvalue weighted by molar-refractivity contribution is 0.0395. The molecule has 1 aliphatic heterocycles. The molecule has 1 aromatic heterocycles. The third-order valence-electron chi connectivity index (χ3n) is 5.90. The van der Waals surface area contributed by atoms with Gasteiger partial charge in [0, 0.05) is 24.0 Å². The maximum Gasteiger partial charge on any atom is 0.251 e. The van der Waals surface area contributed by atoms with Crippen molar-refractivity contribution in [2.45, 2.75) is 38.9 Å². The first-order valence-electron chi connectivity index (χ1n) is 10.1. The summed E-state index contributed by atoms with van der Waals surface area (Å²) >= 11 is 0. The molecule has 1 unspecified atom stereocenters. The number of nitrogens with one attached hydrogen (secondary N) is 2. The zero-order valence-electron chi connectivity index (χ0n) is 17.0. The van der Waals surface area contributed by atoms with Crippen molar-refractivity contribution in [3.8, 4) is 0 Å². The van der Waals surface area contributed by atoms with Gasteiger partial charge >= 0.3 is 0 Å². The molecule has 1 saturated heterocycles. The smallest absolute Gasteiger partial charge is 0.251 e. The van der Waals surface area contributed by atoms with Crippen molar-refractivity contribution in [1.29, 1.82) is 0 Å². The second kappa shape index (κ2) is 7.95. The fourth-order valence-electron chi connectivity index (χ4n) is 4.20. The lowest BCUT2D eigenvalue weighted by Gasteiger charge is -2.38. The molecule has 0 saturated carbocycles. The lowest BCUT2D eigenvalue weighted by Crippen LogP contribution is -2.51. The number of alkyl halides is 1. The standard InChI is InChI=1S/C23H27FN4O/c1-16-5-3-6-17(2)20(16)13-28-10-4-9-23(24,15-28)14-25-22(29)18-7-8-19-12-26-27-21(19)11-18/h3,5-8,11-12H,4,9-10,13-15H2,1-2H3,(H,25,29)(H,26,27). The van der Waals surface area contributed by atoms with Gasteiger partial charge in [-0.3, -0.25) is 14.8 Å². The van der Waals surface area contributed by atoms with E-state index in [0.29, 0.717) is 18.5 Å². The highest BCUT2D eigenvalue weighted by Crippen LogP contribution is 2.27. The number of aryl methyl sites for hydroxylation is 2. The number of likely N-dealkylation sites (tertiary alicyclic amines) is 1. The molecule has 1 amide bonds. The first kappa shape index (κ1) is 19.6. The van der Waals surface area contributed by atoms with E-state index in [1.54, 1.807) is 18.3 Å². The molecule has 5 nitrogen and oxygen atoms in total. The average Bonchev–Trinajstić information content (AvgIpc) is 3.17. The van der Waals surface area contributed by atoms with Gasteiger partial charge in [0.25, 0.3) is 5.91 Å². The van der Waals surface area contributed by atoms with E-state index >= 15 is 4.39 Å². The van der Waals surface area contributed by atoms with Crippen molar-refractivity contribution >= 4 is 16.8 Å². The summed E-state index contributed by atoms with van der Waals surface area (Å²) in [4.78, 5) is 14.7. The highest BCUT2D eigenvalue weighted by atomic mass is 19.1. The second-order valence-corrected chi connectivity index (χ2v) is 8.19. The zero-order valence-corrected chi connectivity index (χ0v) is 17.0. The van der Waals surface area contributed by atoms with Crippen molar-refractivity contribution in [3.63, 3.8) is 0 Å². The summed E-state index contributed by atoms with van der Waals surface area (Å²) < 4.78 is 15.5. The van der Waals surface area contributed by atoms with Crippen LogP contribution < -0.4 is 5.32 Å². The summed E-state index contributed by atoms with van der Waals surface area (Å²) in [7, 11) is 0. The Morgan fingerprint density at radius 2 is 2.07 bits per heavy atom. The number of rotatable bonds is 5. The van der Waals surface area contributed by atoms with Crippen LogP contribution in [0.5, 0.6) is 0 Å². The molecule has 152 valence electrons. The molecule has 6 heteroatoms. The number of aromatic amines is 1. The van der Waals surface area contributed by atoms with Crippen molar-refractivity contribution in [2.75, 3.05) is 19.6 Å². The fourth-order valence-corrected chi connectivity index (χ4v) is 4.20. The second-order valence-electron chi connectivity index (χ2n) is 8.19. The molecule has 0 spiro atoms. The Kier molecular flexibility index (Phi) is 5.37. The summed E-state index contributed by atoms with van der Waals surface area (Å²) in [6.07, 6.45) is 2.97. The van der Waals surface area contributed by atoms with Crippen LogP contribution in [0.2, 0.25) is 0 Å². The van der Waals surface area contributed by atoms with E-state index in [9.17, 15) is 4.79 Å². The molecule has 1 aliphatic rings. The van der Waals surface area contributed by atoms with Crippen LogP contribution in [0.1, 0.15) is 39.9 Å². The van der Waals surface area contributed by atoms with Gasteiger partial charge in [-0.15, -0.1) is 0 Å². The van der Waals surface area contributed by atoms with Crippen LogP contribution in [-0.4, -0.2) is 46.3 Å². The molecular weight excluding hydrogens is 367 g/mol. The molecule has 4 rings (SSSR count). The van der Waals surface area contributed by atoms with Gasteiger partial charge in [-0.1, -0.05) is 24.3 Å².